The van der Waals surface area contributed by atoms with Gasteiger partial charge in [0.05, 0.1) is 11.4 Å². The lowest BCUT2D eigenvalue weighted by molar-refractivity contribution is 0.676. The highest BCUT2D eigenvalue weighted by Gasteiger charge is 2.44. The first-order chi connectivity index (χ1) is 26.9. The van der Waals surface area contributed by atoms with Crippen molar-refractivity contribution in [2.75, 3.05) is 10.6 Å². The van der Waals surface area contributed by atoms with Crippen molar-refractivity contribution in [3.8, 4) is 33.4 Å². The van der Waals surface area contributed by atoms with E-state index in [1.165, 1.54) is 83.6 Å². The predicted octanol–water partition coefficient (Wildman–Crippen LogP) is 11.6. The molecule has 0 aromatic heterocycles. The summed E-state index contributed by atoms with van der Waals surface area (Å²) in [6.07, 6.45) is 7.77. The van der Waals surface area contributed by atoms with E-state index in [1.807, 2.05) is 0 Å². The summed E-state index contributed by atoms with van der Waals surface area (Å²) in [6.45, 7) is 4.69. The van der Waals surface area contributed by atoms with Crippen molar-refractivity contribution < 1.29 is 0 Å². The number of fused-ring (bicyclic) bond motifs is 5. The van der Waals surface area contributed by atoms with E-state index in [9.17, 15) is 0 Å². The van der Waals surface area contributed by atoms with E-state index < -0.39 is 5.41 Å². The van der Waals surface area contributed by atoms with Gasteiger partial charge in [-0.1, -0.05) is 151 Å². The first-order valence-corrected chi connectivity index (χ1v) is 19.6. The third-order valence-corrected chi connectivity index (χ3v) is 12.3. The molecule has 7 aromatic carbocycles. The van der Waals surface area contributed by atoms with Gasteiger partial charge in [0.25, 0.3) is 0 Å². The van der Waals surface area contributed by atoms with Crippen molar-refractivity contribution in [1.29, 1.82) is 0 Å². The summed E-state index contributed by atoms with van der Waals surface area (Å²) in [5.41, 5.74) is 30.2. The van der Waals surface area contributed by atoms with Crippen molar-refractivity contribution in [2.45, 2.75) is 38.5 Å². The van der Waals surface area contributed by atoms with Crippen LogP contribution in [0.5, 0.6) is 0 Å². The largest absolute Gasteiger partial charge is 0.398 e. The fourth-order valence-electron chi connectivity index (χ4n) is 9.91. The molecule has 1 heterocycles. The molecule has 0 radical (unpaired) electrons. The zero-order valence-electron chi connectivity index (χ0n) is 31.7. The lowest BCUT2D eigenvalue weighted by Crippen LogP contribution is -2.38. The van der Waals surface area contributed by atoms with Crippen molar-refractivity contribution >= 4 is 41.6 Å². The SMILES string of the molecule is Bc1cccc2c1N(c1cc(C)cc(-c3c(N)ccc4c3-c3ccccc3C4)c1-c1ccccc1)c1ccccc1C2(C)C1=C(c2ccccc2)CCC=C1. The Morgan fingerprint density at radius 1 is 0.618 bits per heavy atom. The highest BCUT2D eigenvalue weighted by Crippen LogP contribution is 2.59. The number of nitrogens with zero attached hydrogens (tertiary/aromatic N) is 1. The first kappa shape index (κ1) is 33.3. The molecule has 2 N–H and O–H groups in total. The molecule has 0 saturated carbocycles. The van der Waals surface area contributed by atoms with E-state index in [0.29, 0.717) is 0 Å². The Hall–Kier alpha value is -6.32. The van der Waals surface area contributed by atoms with Gasteiger partial charge in [-0.2, -0.15) is 0 Å². The minimum absolute atomic E-state index is 0.398. The molecule has 55 heavy (non-hydrogen) atoms. The van der Waals surface area contributed by atoms with Crippen LogP contribution in [0.25, 0.3) is 39.0 Å². The number of nitrogens with two attached hydrogens (primary N) is 1. The van der Waals surface area contributed by atoms with E-state index in [2.05, 4.69) is 190 Å². The van der Waals surface area contributed by atoms with Crippen LogP contribution in [0.2, 0.25) is 0 Å². The minimum Gasteiger partial charge on any atom is -0.398 e. The molecular weight excluding hydrogens is 663 g/mol. The zero-order chi connectivity index (χ0) is 37.3. The number of rotatable bonds is 5. The molecule has 1 unspecified atom stereocenters. The smallest absolute Gasteiger partial charge is 0.142 e. The number of para-hydroxylation sites is 2. The van der Waals surface area contributed by atoms with Gasteiger partial charge in [0.2, 0.25) is 0 Å². The Kier molecular flexibility index (Phi) is 7.82. The van der Waals surface area contributed by atoms with Crippen LogP contribution in [-0.4, -0.2) is 7.85 Å². The Balaban J connectivity index is 1.30. The fraction of sp³-hybridized carbons (Fsp3) is 0.115. The summed E-state index contributed by atoms with van der Waals surface area (Å²) >= 11 is 0. The van der Waals surface area contributed by atoms with Crippen LogP contribution in [0.15, 0.2) is 169 Å². The maximum absolute atomic E-state index is 7.14. The van der Waals surface area contributed by atoms with Gasteiger partial charge in [0.15, 0.2) is 0 Å². The molecule has 1 atom stereocenters. The van der Waals surface area contributed by atoms with Gasteiger partial charge in [-0.05, 0) is 118 Å². The Bertz CT molecular complexity index is 2720. The maximum Gasteiger partial charge on any atom is 0.142 e. The fourth-order valence-corrected chi connectivity index (χ4v) is 9.91. The van der Waals surface area contributed by atoms with Crippen LogP contribution < -0.4 is 16.1 Å². The molecule has 0 saturated heterocycles. The number of benzene rings is 7. The average molecular weight is 707 g/mol. The Morgan fingerprint density at radius 2 is 1.33 bits per heavy atom. The monoisotopic (exact) mass is 706 g/mol. The van der Waals surface area contributed by atoms with E-state index in [1.54, 1.807) is 0 Å². The van der Waals surface area contributed by atoms with E-state index in [0.717, 1.165) is 41.8 Å². The molecule has 0 amide bonds. The number of aryl methyl sites for hydroxylation is 1. The summed E-state index contributed by atoms with van der Waals surface area (Å²) in [5.74, 6) is 0. The van der Waals surface area contributed by atoms with Gasteiger partial charge >= 0.3 is 0 Å². The quantitative estimate of drug-likeness (QED) is 0.143. The topological polar surface area (TPSA) is 29.3 Å². The molecule has 3 aliphatic rings. The van der Waals surface area contributed by atoms with Gasteiger partial charge in [-0.3, -0.25) is 0 Å². The third-order valence-electron chi connectivity index (χ3n) is 12.3. The summed E-state index contributed by atoms with van der Waals surface area (Å²) < 4.78 is 0. The molecule has 0 bridgehead atoms. The lowest BCUT2D eigenvalue weighted by atomic mass is 9.63. The van der Waals surface area contributed by atoms with Crippen molar-refractivity contribution in [3.63, 3.8) is 0 Å². The van der Waals surface area contributed by atoms with Gasteiger partial charge in [0.1, 0.15) is 7.85 Å². The second kappa shape index (κ2) is 12.9. The normalized spacial score (nSPS) is 16.7. The lowest BCUT2D eigenvalue weighted by Gasteiger charge is -2.47. The molecule has 264 valence electrons. The van der Waals surface area contributed by atoms with Crippen molar-refractivity contribution in [2.24, 2.45) is 0 Å². The number of hydrogen-bond acceptors (Lipinski definition) is 2. The standard InChI is InChI=1S/C52H43BN2/c1-33-30-40(50-45(54)29-28-37-32-36-20-9-10-22-39(36)49(37)50)48(35-18-7-4-8-19-35)47(31-33)55-46-27-14-13-24-42(46)52(2,43-25-15-26-44(53)51(43)55)41-23-12-11-21-38(41)34-16-5-3-6-17-34/h3-10,12-20,22-31H,11,21,32,53-54H2,1-2H3. The number of hydrogen-bond donors (Lipinski definition) is 1. The average Bonchev–Trinajstić information content (AvgIpc) is 3.60. The molecule has 2 aliphatic carbocycles. The highest BCUT2D eigenvalue weighted by atomic mass is 15.2. The first-order valence-electron chi connectivity index (χ1n) is 19.6. The number of anilines is 4. The molecule has 1 aliphatic heterocycles. The minimum atomic E-state index is -0.398. The van der Waals surface area contributed by atoms with E-state index in [-0.39, 0.29) is 0 Å². The van der Waals surface area contributed by atoms with E-state index >= 15 is 0 Å². The predicted molar refractivity (Wildman–Crippen MR) is 236 cm³/mol. The summed E-state index contributed by atoms with van der Waals surface area (Å²) in [4.78, 5) is 2.57. The van der Waals surface area contributed by atoms with Gasteiger partial charge in [-0.15, -0.1) is 0 Å². The molecule has 0 spiro atoms. The van der Waals surface area contributed by atoms with Gasteiger partial charge < -0.3 is 10.6 Å². The second-order valence-electron chi connectivity index (χ2n) is 15.6. The molecule has 0 fully saturated rings. The van der Waals surface area contributed by atoms with Crippen LogP contribution >= 0.6 is 0 Å². The van der Waals surface area contributed by atoms with Crippen LogP contribution in [-0.2, 0) is 11.8 Å². The molecule has 2 nitrogen and oxygen atoms in total. The van der Waals surface area contributed by atoms with Gasteiger partial charge in [0, 0.05) is 27.9 Å². The number of nitrogen functional groups attached to an aromatic ring is 1. The van der Waals surface area contributed by atoms with Gasteiger partial charge in [-0.25, -0.2) is 0 Å². The van der Waals surface area contributed by atoms with E-state index in [4.69, 9.17) is 5.73 Å². The third kappa shape index (κ3) is 5.10. The van der Waals surface area contributed by atoms with Crippen LogP contribution in [0.4, 0.5) is 22.7 Å². The van der Waals surface area contributed by atoms with Crippen LogP contribution in [0, 0.1) is 6.92 Å². The highest BCUT2D eigenvalue weighted by molar-refractivity contribution is 6.37. The zero-order valence-corrected chi connectivity index (χ0v) is 31.7. The molecule has 3 heteroatoms. The summed E-state index contributed by atoms with van der Waals surface area (Å²) in [5, 5.41) is 0. The molecule has 10 rings (SSSR count). The second-order valence-corrected chi connectivity index (χ2v) is 15.6. The Morgan fingerprint density at radius 3 is 2.15 bits per heavy atom. The molecular formula is C52H43BN2. The van der Waals surface area contributed by atoms with Crippen molar-refractivity contribution in [3.05, 3.63) is 203 Å². The molecule has 7 aromatic rings. The Labute approximate surface area is 325 Å². The van der Waals surface area contributed by atoms with Crippen LogP contribution in [0.3, 0.4) is 0 Å². The summed E-state index contributed by atoms with van der Waals surface area (Å²) in [6, 6.07) is 55.9. The maximum atomic E-state index is 7.14. The summed E-state index contributed by atoms with van der Waals surface area (Å²) in [7, 11) is 2.28. The van der Waals surface area contributed by atoms with Crippen molar-refractivity contribution in [1.82, 2.24) is 0 Å². The number of allylic oxidation sites excluding steroid dienone is 4. The van der Waals surface area contributed by atoms with Crippen LogP contribution in [0.1, 0.15) is 53.1 Å².